The Morgan fingerprint density at radius 2 is 1.86 bits per heavy atom. The molecule has 28 heavy (non-hydrogen) atoms. The molecule has 2 aromatic carbocycles. The number of nitrogens with zero attached hydrogens (tertiary/aromatic N) is 2. The lowest BCUT2D eigenvalue weighted by molar-refractivity contribution is -0.384. The van der Waals surface area contributed by atoms with E-state index in [1.807, 2.05) is 31.2 Å². The molecule has 1 N–H and O–H groups in total. The normalized spacial score (nSPS) is 11.1. The summed E-state index contributed by atoms with van der Waals surface area (Å²) in [5.74, 6) is -0.187. The molecule has 0 aliphatic rings. The van der Waals surface area contributed by atoms with Crippen LogP contribution in [0, 0.1) is 17.0 Å². The number of nitro benzene ring substituents is 1. The maximum Gasteiger partial charge on any atom is 0.271 e. The van der Waals surface area contributed by atoms with Gasteiger partial charge in [0.25, 0.3) is 5.69 Å². The largest absolute Gasteiger partial charge is 0.352 e. The lowest BCUT2D eigenvalue weighted by atomic mass is 10.1. The molecule has 0 atom stereocenters. The van der Waals surface area contributed by atoms with Gasteiger partial charge in [0, 0.05) is 31.6 Å². The van der Waals surface area contributed by atoms with E-state index >= 15 is 0 Å². The van der Waals surface area contributed by atoms with E-state index in [0.29, 0.717) is 6.54 Å². The molecule has 150 valence electrons. The molecule has 0 aromatic heterocycles. The van der Waals surface area contributed by atoms with Crippen LogP contribution in [0.15, 0.2) is 48.5 Å². The third kappa shape index (κ3) is 6.34. The summed E-state index contributed by atoms with van der Waals surface area (Å²) in [6.07, 6.45) is 1.46. The molecule has 1 amide bonds. The number of hydrogen-bond donors (Lipinski definition) is 1. The number of sulfonamides is 1. The first-order valence-electron chi connectivity index (χ1n) is 8.71. The third-order valence-electron chi connectivity index (χ3n) is 4.10. The van der Waals surface area contributed by atoms with Gasteiger partial charge in [-0.05, 0) is 25.0 Å². The van der Waals surface area contributed by atoms with Gasteiger partial charge in [0.15, 0.2) is 0 Å². The average Bonchev–Trinajstić information content (AvgIpc) is 2.64. The van der Waals surface area contributed by atoms with E-state index < -0.39 is 14.9 Å². The van der Waals surface area contributed by atoms with Crippen LogP contribution in [-0.4, -0.2) is 32.0 Å². The first-order chi connectivity index (χ1) is 13.2. The minimum absolute atomic E-state index is 0.0535. The van der Waals surface area contributed by atoms with E-state index in [-0.39, 0.29) is 36.7 Å². The highest BCUT2D eigenvalue weighted by atomic mass is 32.2. The number of nitro groups is 1. The summed E-state index contributed by atoms with van der Waals surface area (Å²) >= 11 is 0. The minimum Gasteiger partial charge on any atom is -0.352 e. The molecule has 0 aliphatic heterocycles. The van der Waals surface area contributed by atoms with Gasteiger partial charge in [-0.3, -0.25) is 19.2 Å². The number of anilines is 1. The van der Waals surface area contributed by atoms with Crippen molar-refractivity contribution in [2.45, 2.75) is 26.3 Å². The fraction of sp³-hybridized carbons (Fsp3) is 0.316. The maximum absolute atomic E-state index is 12.1. The lowest BCUT2D eigenvalue weighted by Crippen LogP contribution is -2.32. The molecule has 0 spiro atoms. The molecule has 0 fully saturated rings. The Kier molecular flexibility index (Phi) is 7.11. The van der Waals surface area contributed by atoms with Crippen molar-refractivity contribution in [2.75, 3.05) is 17.1 Å². The van der Waals surface area contributed by atoms with Gasteiger partial charge in [-0.15, -0.1) is 0 Å². The molecule has 0 saturated heterocycles. The van der Waals surface area contributed by atoms with Crippen molar-refractivity contribution in [1.82, 2.24) is 5.32 Å². The van der Waals surface area contributed by atoms with E-state index in [1.54, 1.807) is 0 Å². The van der Waals surface area contributed by atoms with Gasteiger partial charge in [0.05, 0.1) is 16.9 Å². The molecule has 0 aliphatic carbocycles. The van der Waals surface area contributed by atoms with Crippen molar-refractivity contribution in [2.24, 2.45) is 0 Å². The van der Waals surface area contributed by atoms with Gasteiger partial charge < -0.3 is 5.32 Å². The Morgan fingerprint density at radius 3 is 2.46 bits per heavy atom. The summed E-state index contributed by atoms with van der Waals surface area (Å²) in [4.78, 5) is 22.4. The lowest BCUT2D eigenvalue weighted by Gasteiger charge is -2.22. The number of benzene rings is 2. The van der Waals surface area contributed by atoms with Crippen LogP contribution in [0.2, 0.25) is 0 Å². The number of nitrogens with one attached hydrogen (secondary N) is 1. The van der Waals surface area contributed by atoms with Crippen molar-refractivity contribution >= 4 is 27.3 Å². The molecule has 0 radical (unpaired) electrons. The molecular weight excluding hydrogens is 382 g/mol. The van der Waals surface area contributed by atoms with Crippen molar-refractivity contribution in [1.29, 1.82) is 0 Å². The van der Waals surface area contributed by atoms with Gasteiger partial charge in [0.2, 0.25) is 15.9 Å². The van der Waals surface area contributed by atoms with E-state index in [0.717, 1.165) is 21.7 Å². The third-order valence-corrected chi connectivity index (χ3v) is 5.30. The van der Waals surface area contributed by atoms with Crippen molar-refractivity contribution in [3.8, 4) is 0 Å². The predicted octanol–water partition coefficient (Wildman–Crippen LogP) is 2.77. The zero-order valence-electron chi connectivity index (χ0n) is 15.8. The van der Waals surface area contributed by atoms with Crippen LogP contribution in [0.4, 0.5) is 11.4 Å². The van der Waals surface area contributed by atoms with Crippen LogP contribution in [0.3, 0.4) is 0 Å². The molecule has 0 bridgehead atoms. The second-order valence-electron chi connectivity index (χ2n) is 6.48. The smallest absolute Gasteiger partial charge is 0.271 e. The summed E-state index contributed by atoms with van der Waals surface area (Å²) in [6.45, 7) is 2.44. The second kappa shape index (κ2) is 9.32. The van der Waals surface area contributed by atoms with Gasteiger partial charge in [0.1, 0.15) is 0 Å². The van der Waals surface area contributed by atoms with Crippen LogP contribution in [0.25, 0.3) is 0 Å². The molecule has 0 heterocycles. The first-order valence-corrected chi connectivity index (χ1v) is 10.6. The molecular formula is C19H23N3O5S. The van der Waals surface area contributed by atoms with Crippen LogP contribution in [0.5, 0.6) is 0 Å². The average molecular weight is 405 g/mol. The maximum atomic E-state index is 12.1. The number of amides is 1. The van der Waals surface area contributed by atoms with Crippen molar-refractivity contribution in [3.63, 3.8) is 0 Å². The van der Waals surface area contributed by atoms with Crippen LogP contribution >= 0.6 is 0 Å². The monoisotopic (exact) mass is 405 g/mol. The standard InChI is InChI=1S/C19H23N3O5S/c1-15-8-10-16(11-9-15)14-20-19(23)7-4-12-21(28(2,26)27)17-5-3-6-18(13-17)22(24)25/h3,5-6,8-11,13H,4,7,12,14H2,1-2H3,(H,20,23). The number of rotatable bonds is 9. The van der Waals surface area contributed by atoms with Crippen molar-refractivity contribution in [3.05, 3.63) is 69.8 Å². The number of aryl methyl sites for hydroxylation is 1. The zero-order chi connectivity index (χ0) is 20.7. The van der Waals surface area contributed by atoms with Gasteiger partial charge in [-0.2, -0.15) is 0 Å². The Hall–Kier alpha value is -2.94. The predicted molar refractivity (Wildman–Crippen MR) is 108 cm³/mol. The quantitative estimate of drug-likeness (QED) is 0.509. The first kappa shape index (κ1) is 21.4. The molecule has 2 rings (SSSR count). The topological polar surface area (TPSA) is 110 Å². The zero-order valence-corrected chi connectivity index (χ0v) is 16.6. The van der Waals surface area contributed by atoms with E-state index in [1.165, 1.54) is 24.3 Å². The van der Waals surface area contributed by atoms with Crippen LogP contribution in [-0.2, 0) is 21.4 Å². The molecule has 9 heteroatoms. The summed E-state index contributed by atoms with van der Waals surface area (Å²) in [5, 5.41) is 13.7. The van der Waals surface area contributed by atoms with E-state index in [9.17, 15) is 23.3 Å². The molecule has 0 unspecified atom stereocenters. The van der Waals surface area contributed by atoms with Crippen LogP contribution < -0.4 is 9.62 Å². The highest BCUT2D eigenvalue weighted by Crippen LogP contribution is 2.23. The number of non-ortho nitro benzene ring substituents is 1. The fourth-order valence-corrected chi connectivity index (χ4v) is 3.58. The Morgan fingerprint density at radius 1 is 1.18 bits per heavy atom. The minimum atomic E-state index is -3.64. The summed E-state index contributed by atoms with van der Waals surface area (Å²) in [6, 6.07) is 13.2. The van der Waals surface area contributed by atoms with E-state index in [2.05, 4.69) is 5.32 Å². The fourth-order valence-electron chi connectivity index (χ4n) is 2.63. The molecule has 2 aromatic rings. The summed E-state index contributed by atoms with van der Waals surface area (Å²) < 4.78 is 25.2. The number of carbonyl (C=O) groups excluding carboxylic acids is 1. The number of carbonyl (C=O) groups is 1. The highest BCUT2D eigenvalue weighted by Gasteiger charge is 2.19. The highest BCUT2D eigenvalue weighted by molar-refractivity contribution is 7.92. The van der Waals surface area contributed by atoms with Gasteiger partial charge >= 0.3 is 0 Å². The summed E-state index contributed by atoms with van der Waals surface area (Å²) in [7, 11) is -3.64. The van der Waals surface area contributed by atoms with Gasteiger partial charge in [-0.25, -0.2) is 8.42 Å². The second-order valence-corrected chi connectivity index (χ2v) is 8.38. The Bertz CT molecular complexity index is 942. The molecule has 0 saturated carbocycles. The SMILES string of the molecule is Cc1ccc(CNC(=O)CCCN(c2cccc([N+](=O)[O-])c2)S(C)(=O)=O)cc1. The molecule has 8 nitrogen and oxygen atoms in total. The van der Waals surface area contributed by atoms with Crippen molar-refractivity contribution < 1.29 is 18.1 Å². The number of hydrogen-bond acceptors (Lipinski definition) is 5. The Labute approximate surface area is 164 Å². The van der Waals surface area contributed by atoms with E-state index in [4.69, 9.17) is 0 Å². The van der Waals surface area contributed by atoms with Gasteiger partial charge in [-0.1, -0.05) is 35.9 Å². The van der Waals surface area contributed by atoms with Crippen LogP contribution in [0.1, 0.15) is 24.0 Å². The summed E-state index contributed by atoms with van der Waals surface area (Å²) in [5.41, 5.74) is 2.13. The Balaban J connectivity index is 1.93.